The van der Waals surface area contributed by atoms with Gasteiger partial charge in [-0.25, -0.2) is 4.98 Å². The molecule has 2 rings (SSSR count). The van der Waals surface area contributed by atoms with Crippen molar-refractivity contribution in [2.75, 3.05) is 31.6 Å². The van der Waals surface area contributed by atoms with Gasteiger partial charge in [-0.2, -0.15) is 0 Å². The maximum atomic E-state index is 6.08. The number of rotatable bonds is 2. The highest BCUT2D eigenvalue weighted by atomic mass is 35.5. The van der Waals surface area contributed by atoms with Crippen LogP contribution in [0.2, 0.25) is 0 Å². The van der Waals surface area contributed by atoms with E-state index in [-0.39, 0.29) is 11.0 Å². The minimum absolute atomic E-state index is 0.0406. The molecule has 0 spiro atoms. The number of anilines is 1. The summed E-state index contributed by atoms with van der Waals surface area (Å²) in [6, 6.07) is 4.28. The monoisotopic (exact) mass is 309 g/mol. The third-order valence-electron chi connectivity index (χ3n) is 4.43. The molecule has 1 saturated heterocycles. The van der Waals surface area contributed by atoms with Crippen LogP contribution in [0.3, 0.4) is 0 Å². The third kappa shape index (κ3) is 3.70. The van der Waals surface area contributed by atoms with Crippen LogP contribution in [0.15, 0.2) is 12.1 Å². The Balaban J connectivity index is 2.35. The summed E-state index contributed by atoms with van der Waals surface area (Å²) >= 11 is 6.08. The molecular formula is C17H28ClN3. The Morgan fingerprint density at radius 3 is 2.43 bits per heavy atom. The standard InChI is InChI=1S/C17H28ClN3/c1-16(2,3)14-9-13(11-18)10-15(19-14)21-8-7-20(6)17(4,5)12-21/h9-10H,7-8,11-12H2,1-6H3. The molecule has 0 aliphatic carbocycles. The average molecular weight is 310 g/mol. The second kappa shape index (κ2) is 5.77. The fourth-order valence-corrected chi connectivity index (χ4v) is 2.78. The van der Waals surface area contributed by atoms with Gasteiger partial charge < -0.3 is 4.90 Å². The average Bonchev–Trinajstić information content (AvgIpc) is 2.40. The van der Waals surface area contributed by atoms with E-state index in [1.807, 2.05) is 0 Å². The molecule has 0 bridgehead atoms. The summed E-state index contributed by atoms with van der Waals surface area (Å²) < 4.78 is 0. The quantitative estimate of drug-likeness (QED) is 0.777. The van der Waals surface area contributed by atoms with E-state index < -0.39 is 0 Å². The highest BCUT2D eigenvalue weighted by Crippen LogP contribution is 2.28. The second-order valence-corrected chi connectivity index (χ2v) is 8.03. The molecule has 0 unspecified atom stereocenters. The summed E-state index contributed by atoms with van der Waals surface area (Å²) in [5.41, 5.74) is 2.48. The summed E-state index contributed by atoms with van der Waals surface area (Å²) in [5, 5.41) is 0. The Morgan fingerprint density at radius 2 is 1.90 bits per heavy atom. The van der Waals surface area contributed by atoms with Gasteiger partial charge in [0.15, 0.2) is 0 Å². The van der Waals surface area contributed by atoms with Crippen molar-refractivity contribution in [2.24, 2.45) is 0 Å². The summed E-state index contributed by atoms with van der Waals surface area (Å²) in [4.78, 5) is 9.73. The third-order valence-corrected chi connectivity index (χ3v) is 4.74. The molecule has 0 atom stereocenters. The van der Waals surface area contributed by atoms with Crippen LogP contribution in [-0.2, 0) is 11.3 Å². The van der Waals surface area contributed by atoms with Gasteiger partial charge in [-0.05, 0) is 38.6 Å². The van der Waals surface area contributed by atoms with E-state index in [0.29, 0.717) is 5.88 Å². The van der Waals surface area contributed by atoms with Gasteiger partial charge in [-0.3, -0.25) is 4.90 Å². The summed E-state index contributed by atoms with van der Waals surface area (Å²) in [7, 11) is 2.19. The van der Waals surface area contributed by atoms with E-state index in [4.69, 9.17) is 16.6 Å². The highest BCUT2D eigenvalue weighted by Gasteiger charge is 2.32. The molecule has 1 aromatic heterocycles. The maximum absolute atomic E-state index is 6.08. The van der Waals surface area contributed by atoms with Crippen molar-refractivity contribution in [3.63, 3.8) is 0 Å². The molecular weight excluding hydrogens is 282 g/mol. The molecule has 0 amide bonds. The Kier molecular flexibility index (Phi) is 4.55. The minimum Gasteiger partial charge on any atom is -0.353 e. The van der Waals surface area contributed by atoms with Crippen LogP contribution in [0.1, 0.15) is 45.9 Å². The minimum atomic E-state index is 0.0406. The number of nitrogens with zero attached hydrogens (tertiary/aromatic N) is 3. The first-order chi connectivity index (χ1) is 9.63. The molecule has 0 radical (unpaired) electrons. The van der Waals surface area contributed by atoms with Crippen LogP contribution >= 0.6 is 11.6 Å². The smallest absolute Gasteiger partial charge is 0.129 e. The molecule has 1 aliphatic rings. The van der Waals surface area contributed by atoms with Crippen LogP contribution in [-0.4, -0.2) is 42.1 Å². The van der Waals surface area contributed by atoms with E-state index in [9.17, 15) is 0 Å². The zero-order valence-corrected chi connectivity index (χ0v) is 15.0. The maximum Gasteiger partial charge on any atom is 0.129 e. The van der Waals surface area contributed by atoms with Crippen LogP contribution in [0, 0.1) is 0 Å². The van der Waals surface area contributed by atoms with Crippen molar-refractivity contribution in [3.8, 4) is 0 Å². The van der Waals surface area contributed by atoms with Crippen molar-refractivity contribution >= 4 is 17.4 Å². The number of likely N-dealkylation sites (N-methyl/N-ethyl adjacent to an activating group) is 1. The Hall–Kier alpha value is -0.800. The fraction of sp³-hybridized carbons (Fsp3) is 0.706. The number of pyridine rings is 1. The highest BCUT2D eigenvalue weighted by molar-refractivity contribution is 6.17. The molecule has 2 heterocycles. The van der Waals surface area contributed by atoms with E-state index in [1.54, 1.807) is 0 Å². The van der Waals surface area contributed by atoms with E-state index in [2.05, 4.69) is 63.6 Å². The van der Waals surface area contributed by atoms with Crippen molar-refractivity contribution in [1.29, 1.82) is 0 Å². The van der Waals surface area contributed by atoms with Crippen LogP contribution in [0.4, 0.5) is 5.82 Å². The van der Waals surface area contributed by atoms with Crippen molar-refractivity contribution < 1.29 is 0 Å². The number of piperazine rings is 1. The molecule has 0 N–H and O–H groups in total. The van der Waals surface area contributed by atoms with Crippen molar-refractivity contribution in [1.82, 2.24) is 9.88 Å². The van der Waals surface area contributed by atoms with Crippen molar-refractivity contribution in [3.05, 3.63) is 23.4 Å². The Bertz CT molecular complexity index is 505. The lowest BCUT2D eigenvalue weighted by Gasteiger charge is -2.46. The molecule has 3 nitrogen and oxygen atoms in total. The van der Waals surface area contributed by atoms with Crippen LogP contribution < -0.4 is 4.90 Å². The molecule has 0 saturated carbocycles. The normalized spacial score (nSPS) is 19.9. The van der Waals surface area contributed by atoms with Gasteiger partial charge in [-0.15, -0.1) is 11.6 Å². The second-order valence-electron chi connectivity index (χ2n) is 7.76. The first-order valence-electron chi connectivity index (χ1n) is 7.67. The fourth-order valence-electron chi connectivity index (χ4n) is 2.63. The Morgan fingerprint density at radius 1 is 1.24 bits per heavy atom. The van der Waals surface area contributed by atoms with Gasteiger partial charge in [0, 0.05) is 42.2 Å². The summed E-state index contributed by atoms with van der Waals surface area (Å²) in [6.07, 6.45) is 0. The van der Waals surface area contributed by atoms with Gasteiger partial charge in [0.05, 0.1) is 0 Å². The zero-order chi connectivity index (χ0) is 15.8. The van der Waals surface area contributed by atoms with Gasteiger partial charge in [0.1, 0.15) is 5.82 Å². The number of alkyl halides is 1. The van der Waals surface area contributed by atoms with Crippen LogP contribution in [0.5, 0.6) is 0 Å². The number of hydrogen-bond donors (Lipinski definition) is 0. The SMILES string of the molecule is CN1CCN(c2cc(CCl)cc(C(C)(C)C)n2)CC1(C)C. The van der Waals surface area contributed by atoms with E-state index in [0.717, 1.165) is 36.7 Å². The molecule has 1 fully saturated rings. The summed E-state index contributed by atoms with van der Waals surface area (Å²) in [6.45, 7) is 14.2. The van der Waals surface area contributed by atoms with Crippen molar-refractivity contribution in [2.45, 2.75) is 51.5 Å². The molecule has 21 heavy (non-hydrogen) atoms. The topological polar surface area (TPSA) is 19.4 Å². The molecule has 1 aromatic rings. The lowest BCUT2D eigenvalue weighted by molar-refractivity contribution is 0.138. The Labute approximate surface area is 134 Å². The molecule has 4 heteroatoms. The lowest BCUT2D eigenvalue weighted by Crippen LogP contribution is -2.58. The molecule has 118 valence electrons. The van der Waals surface area contributed by atoms with E-state index >= 15 is 0 Å². The number of aromatic nitrogens is 1. The van der Waals surface area contributed by atoms with Gasteiger partial charge in [-0.1, -0.05) is 20.8 Å². The van der Waals surface area contributed by atoms with Crippen LogP contribution in [0.25, 0.3) is 0 Å². The number of halogens is 1. The first-order valence-corrected chi connectivity index (χ1v) is 8.20. The first kappa shape index (κ1) is 16.6. The lowest BCUT2D eigenvalue weighted by atomic mass is 9.90. The predicted octanol–water partition coefficient (Wildman–Crippen LogP) is 3.65. The van der Waals surface area contributed by atoms with Gasteiger partial charge in [0.2, 0.25) is 0 Å². The molecule has 1 aliphatic heterocycles. The zero-order valence-electron chi connectivity index (χ0n) is 14.2. The van der Waals surface area contributed by atoms with Gasteiger partial charge in [0.25, 0.3) is 0 Å². The largest absolute Gasteiger partial charge is 0.353 e. The van der Waals surface area contributed by atoms with Gasteiger partial charge >= 0.3 is 0 Å². The predicted molar refractivity (Wildman–Crippen MR) is 91.4 cm³/mol. The molecule has 0 aromatic carbocycles. The summed E-state index contributed by atoms with van der Waals surface area (Å²) in [5.74, 6) is 1.61. The number of hydrogen-bond acceptors (Lipinski definition) is 3. The van der Waals surface area contributed by atoms with E-state index in [1.165, 1.54) is 0 Å².